The minimum Gasteiger partial charge on any atom is -0.423 e. The van der Waals surface area contributed by atoms with Crippen LogP contribution in [0.3, 0.4) is 0 Å². The number of carbonyl (C=O) groups excluding carboxylic acids is 3. The zero-order valence-corrected chi connectivity index (χ0v) is 21.5. The molecule has 0 saturated carbocycles. The highest BCUT2D eigenvalue weighted by Crippen LogP contribution is 2.26. The molecule has 9 heteroatoms. The van der Waals surface area contributed by atoms with Crippen LogP contribution in [0.2, 0.25) is 10.0 Å². The van der Waals surface area contributed by atoms with E-state index in [-0.39, 0.29) is 17.1 Å². The van der Waals surface area contributed by atoms with Gasteiger partial charge in [0.1, 0.15) is 11.5 Å². The molecule has 190 valence electrons. The van der Waals surface area contributed by atoms with Gasteiger partial charge < -0.3 is 9.47 Å². The second kappa shape index (κ2) is 12.2. The monoisotopic (exact) mass is 546 g/mol. The van der Waals surface area contributed by atoms with Gasteiger partial charge in [0.25, 0.3) is 5.91 Å². The Labute approximate surface area is 228 Å². The average molecular weight is 547 g/mol. The van der Waals surface area contributed by atoms with Gasteiger partial charge in [0.05, 0.1) is 17.3 Å². The molecular weight excluding hydrogens is 527 g/mol. The molecule has 38 heavy (non-hydrogen) atoms. The first kappa shape index (κ1) is 26.6. The predicted molar refractivity (Wildman–Crippen MR) is 146 cm³/mol. The molecular formula is C29H20Cl2N2O5. The molecule has 0 aromatic heterocycles. The molecule has 1 amide bonds. The lowest BCUT2D eigenvalue weighted by Gasteiger charge is -2.11. The van der Waals surface area contributed by atoms with Crippen LogP contribution in [0.15, 0.2) is 96.1 Å². The normalized spacial score (nSPS) is 10.7. The van der Waals surface area contributed by atoms with Crippen LogP contribution in [0.5, 0.6) is 11.5 Å². The van der Waals surface area contributed by atoms with Crippen molar-refractivity contribution in [1.29, 1.82) is 0 Å². The summed E-state index contributed by atoms with van der Waals surface area (Å²) in [6.07, 6.45) is 1.32. The number of ether oxygens (including phenoxy) is 2. The van der Waals surface area contributed by atoms with Crippen LogP contribution in [0.25, 0.3) is 0 Å². The van der Waals surface area contributed by atoms with Crippen molar-refractivity contribution < 1.29 is 23.9 Å². The molecule has 0 atom stereocenters. The molecule has 0 bridgehead atoms. The van der Waals surface area contributed by atoms with Crippen molar-refractivity contribution in [2.24, 2.45) is 5.10 Å². The average Bonchev–Trinajstić information content (AvgIpc) is 2.90. The molecule has 0 radical (unpaired) electrons. The summed E-state index contributed by atoms with van der Waals surface area (Å²) in [7, 11) is 0. The highest BCUT2D eigenvalue weighted by atomic mass is 35.5. The maximum absolute atomic E-state index is 12.8. The summed E-state index contributed by atoms with van der Waals surface area (Å²) in [4.78, 5) is 37.8. The van der Waals surface area contributed by atoms with Gasteiger partial charge in [0.15, 0.2) is 0 Å². The molecule has 7 nitrogen and oxygen atoms in total. The van der Waals surface area contributed by atoms with Gasteiger partial charge in [0.2, 0.25) is 0 Å². The number of halogens is 2. The number of amides is 1. The third-order valence-corrected chi connectivity index (χ3v) is 5.82. The Hall–Kier alpha value is -4.46. The number of carbonyl (C=O) groups is 3. The Balaban J connectivity index is 1.57. The fraction of sp³-hybridized carbons (Fsp3) is 0.0345. The van der Waals surface area contributed by atoms with Crippen molar-refractivity contribution >= 4 is 47.3 Å². The number of nitrogens with one attached hydrogen (secondary N) is 1. The highest BCUT2D eigenvalue weighted by Gasteiger charge is 2.15. The molecule has 0 saturated heterocycles. The lowest BCUT2D eigenvalue weighted by atomic mass is 10.1. The van der Waals surface area contributed by atoms with E-state index in [9.17, 15) is 14.4 Å². The molecule has 4 rings (SSSR count). The summed E-state index contributed by atoms with van der Waals surface area (Å²) in [5.41, 5.74) is 4.63. The largest absolute Gasteiger partial charge is 0.423 e. The molecule has 0 aliphatic carbocycles. The second-order valence-electron chi connectivity index (χ2n) is 8.01. The Morgan fingerprint density at radius 2 is 1.34 bits per heavy atom. The lowest BCUT2D eigenvalue weighted by Crippen LogP contribution is -2.18. The number of benzene rings is 4. The standard InChI is InChI=1S/C29H20Cl2N2O5/c1-18-4-2-3-5-25(18)27(34)33-32-17-21-10-15-24(37-28(35)19-6-11-22(30)12-7-19)16-26(21)38-29(36)20-8-13-23(31)14-9-20/h2-17H,1H3,(H,33,34)/b32-17+. The Bertz CT molecular complexity index is 1520. The van der Waals surface area contributed by atoms with E-state index in [0.29, 0.717) is 26.7 Å². The highest BCUT2D eigenvalue weighted by molar-refractivity contribution is 6.31. The van der Waals surface area contributed by atoms with Gasteiger partial charge in [-0.25, -0.2) is 15.0 Å². The van der Waals surface area contributed by atoms with E-state index in [1.165, 1.54) is 42.6 Å². The van der Waals surface area contributed by atoms with Gasteiger partial charge in [-0.05, 0) is 79.2 Å². The fourth-order valence-electron chi connectivity index (χ4n) is 3.32. The number of nitrogens with zero attached hydrogens (tertiary/aromatic N) is 1. The van der Waals surface area contributed by atoms with Crippen LogP contribution in [-0.2, 0) is 0 Å². The molecule has 0 aliphatic rings. The minimum absolute atomic E-state index is 0.0558. The Kier molecular flexibility index (Phi) is 8.53. The molecule has 4 aromatic rings. The maximum Gasteiger partial charge on any atom is 0.343 e. The Morgan fingerprint density at radius 1 is 0.763 bits per heavy atom. The van der Waals surface area contributed by atoms with Crippen LogP contribution in [-0.4, -0.2) is 24.1 Å². The van der Waals surface area contributed by atoms with E-state index in [1.54, 1.807) is 42.5 Å². The molecule has 1 N–H and O–H groups in total. The predicted octanol–water partition coefficient (Wildman–Crippen LogP) is 6.50. The molecule has 0 spiro atoms. The number of aryl methyl sites for hydroxylation is 1. The number of rotatable bonds is 7. The molecule has 0 heterocycles. The SMILES string of the molecule is Cc1ccccc1C(=O)N/N=C/c1ccc(OC(=O)c2ccc(Cl)cc2)cc1OC(=O)c1ccc(Cl)cc1. The fourth-order valence-corrected chi connectivity index (χ4v) is 3.57. The summed E-state index contributed by atoms with van der Waals surface area (Å²) >= 11 is 11.8. The van der Waals surface area contributed by atoms with E-state index in [4.69, 9.17) is 32.7 Å². The minimum atomic E-state index is -0.665. The van der Waals surface area contributed by atoms with Crippen LogP contribution >= 0.6 is 23.2 Å². The van der Waals surface area contributed by atoms with Crippen LogP contribution < -0.4 is 14.9 Å². The number of hydrogen-bond acceptors (Lipinski definition) is 6. The topological polar surface area (TPSA) is 94.1 Å². The third kappa shape index (κ3) is 6.85. The number of esters is 2. The van der Waals surface area contributed by atoms with Crippen molar-refractivity contribution in [3.63, 3.8) is 0 Å². The first-order valence-corrected chi connectivity index (χ1v) is 12.0. The Morgan fingerprint density at radius 3 is 1.95 bits per heavy atom. The summed E-state index contributed by atoms with van der Waals surface area (Å²) in [6.45, 7) is 1.82. The van der Waals surface area contributed by atoms with Gasteiger partial charge in [0, 0.05) is 27.2 Å². The van der Waals surface area contributed by atoms with Gasteiger partial charge in [-0.2, -0.15) is 5.10 Å². The molecule has 0 fully saturated rings. The quantitative estimate of drug-likeness (QED) is 0.123. The lowest BCUT2D eigenvalue weighted by molar-refractivity contribution is 0.0732. The van der Waals surface area contributed by atoms with Crippen LogP contribution in [0, 0.1) is 6.92 Å². The molecule has 0 unspecified atom stereocenters. The first-order valence-electron chi connectivity index (χ1n) is 11.3. The number of hydrazone groups is 1. The van der Waals surface area contributed by atoms with E-state index in [0.717, 1.165) is 5.56 Å². The summed E-state index contributed by atoms with van der Waals surface area (Å²) < 4.78 is 11.0. The van der Waals surface area contributed by atoms with Crippen molar-refractivity contribution in [3.05, 3.63) is 129 Å². The molecule has 0 aliphatic heterocycles. The van der Waals surface area contributed by atoms with Crippen molar-refractivity contribution in [2.45, 2.75) is 6.92 Å². The second-order valence-corrected chi connectivity index (χ2v) is 8.88. The van der Waals surface area contributed by atoms with E-state index in [2.05, 4.69) is 10.5 Å². The van der Waals surface area contributed by atoms with Gasteiger partial charge in [-0.1, -0.05) is 41.4 Å². The smallest absolute Gasteiger partial charge is 0.343 e. The van der Waals surface area contributed by atoms with Crippen molar-refractivity contribution in [3.8, 4) is 11.5 Å². The summed E-state index contributed by atoms with van der Waals surface area (Å²) in [5.74, 6) is -1.50. The van der Waals surface area contributed by atoms with E-state index < -0.39 is 17.8 Å². The van der Waals surface area contributed by atoms with Crippen molar-refractivity contribution in [1.82, 2.24) is 5.43 Å². The van der Waals surface area contributed by atoms with E-state index in [1.807, 2.05) is 19.1 Å². The number of hydrogen-bond donors (Lipinski definition) is 1. The maximum atomic E-state index is 12.8. The van der Waals surface area contributed by atoms with E-state index >= 15 is 0 Å². The van der Waals surface area contributed by atoms with Gasteiger partial charge in [-0.15, -0.1) is 0 Å². The van der Waals surface area contributed by atoms with Crippen LogP contribution in [0.4, 0.5) is 0 Å². The summed E-state index contributed by atoms with van der Waals surface area (Å²) in [6, 6.07) is 23.9. The summed E-state index contributed by atoms with van der Waals surface area (Å²) in [5, 5.41) is 4.95. The zero-order valence-electron chi connectivity index (χ0n) is 20.0. The van der Waals surface area contributed by atoms with Gasteiger partial charge >= 0.3 is 11.9 Å². The third-order valence-electron chi connectivity index (χ3n) is 5.32. The first-order chi connectivity index (χ1) is 18.3. The van der Waals surface area contributed by atoms with Gasteiger partial charge in [-0.3, -0.25) is 4.79 Å². The van der Waals surface area contributed by atoms with Crippen LogP contribution in [0.1, 0.15) is 42.2 Å². The zero-order chi connectivity index (χ0) is 27.1. The molecule has 4 aromatic carbocycles. The van der Waals surface area contributed by atoms with Crippen molar-refractivity contribution in [2.75, 3.05) is 0 Å².